The number of nitrogens with one attached hydrogen (secondary N) is 2. The van der Waals surface area contributed by atoms with Crippen molar-refractivity contribution in [3.63, 3.8) is 0 Å². The van der Waals surface area contributed by atoms with Crippen LogP contribution in [0.2, 0.25) is 0 Å². The number of nitro groups is 1. The quantitative estimate of drug-likeness (QED) is 0.272. The molecular weight excluding hydrogens is 456 g/mol. The minimum atomic E-state index is -0.517. The Morgan fingerprint density at radius 1 is 1.18 bits per heavy atom. The lowest BCUT2D eigenvalue weighted by molar-refractivity contribution is -0.385. The molecule has 0 saturated carbocycles. The number of nitrogens with zero attached hydrogens (tertiary/aromatic N) is 2. The summed E-state index contributed by atoms with van der Waals surface area (Å²) in [6.07, 6.45) is -0.275. The van der Waals surface area contributed by atoms with Gasteiger partial charge in [0.25, 0.3) is 11.6 Å². The lowest BCUT2D eigenvalue weighted by atomic mass is 9.95. The molecule has 178 valence electrons. The van der Waals surface area contributed by atoms with Crippen LogP contribution in [0.25, 0.3) is 0 Å². The fourth-order valence-corrected chi connectivity index (χ4v) is 3.79. The fourth-order valence-electron chi connectivity index (χ4n) is 3.54. The minimum absolute atomic E-state index is 0.115. The summed E-state index contributed by atoms with van der Waals surface area (Å²) in [5, 5.41) is 17.5. The lowest BCUT2D eigenvalue weighted by Gasteiger charge is -2.35. The van der Waals surface area contributed by atoms with E-state index in [1.165, 1.54) is 18.2 Å². The molecular formula is C24H26N4O5S. The van der Waals surface area contributed by atoms with Gasteiger partial charge in [0.05, 0.1) is 22.6 Å². The summed E-state index contributed by atoms with van der Waals surface area (Å²) in [4.78, 5) is 37.8. The topological polar surface area (TPSA) is 114 Å². The van der Waals surface area contributed by atoms with Crippen LogP contribution in [0.3, 0.4) is 0 Å². The Hall–Kier alpha value is -3.79. The molecule has 0 saturated heterocycles. The highest BCUT2D eigenvalue weighted by Gasteiger charge is 2.33. The first-order chi connectivity index (χ1) is 16.0. The Bertz CT molecular complexity index is 1190. The maximum atomic E-state index is 12.8. The molecule has 0 bridgehead atoms. The first kappa shape index (κ1) is 24.8. The largest absolute Gasteiger partial charge is 0.459 e. The van der Waals surface area contributed by atoms with Crippen molar-refractivity contribution in [1.82, 2.24) is 10.2 Å². The zero-order valence-electron chi connectivity index (χ0n) is 19.5. The van der Waals surface area contributed by atoms with Crippen molar-refractivity contribution in [2.24, 2.45) is 0 Å². The van der Waals surface area contributed by atoms with E-state index >= 15 is 0 Å². The zero-order chi connectivity index (χ0) is 25.2. The van der Waals surface area contributed by atoms with Crippen LogP contribution < -0.4 is 10.6 Å². The Kier molecular flexibility index (Phi) is 7.31. The highest BCUT2D eigenvalue weighted by molar-refractivity contribution is 7.80. The smallest absolute Gasteiger partial charge is 0.338 e. The molecule has 0 fully saturated rings. The fraction of sp³-hybridized carbons (Fsp3) is 0.292. The normalized spacial score (nSPS) is 15.8. The number of carbonyl (C=O) groups is 2. The molecule has 1 aliphatic heterocycles. The van der Waals surface area contributed by atoms with Gasteiger partial charge in [-0.2, -0.15) is 0 Å². The molecule has 0 spiro atoms. The second kappa shape index (κ2) is 10.0. The van der Waals surface area contributed by atoms with Gasteiger partial charge in [0, 0.05) is 35.6 Å². The third-order valence-corrected chi connectivity index (χ3v) is 5.88. The van der Waals surface area contributed by atoms with Gasteiger partial charge in [-0.1, -0.05) is 18.2 Å². The Morgan fingerprint density at radius 3 is 2.41 bits per heavy atom. The van der Waals surface area contributed by atoms with Crippen LogP contribution in [0, 0.1) is 17.0 Å². The predicted octanol–water partition coefficient (Wildman–Crippen LogP) is 4.24. The molecule has 1 unspecified atom stereocenters. The maximum absolute atomic E-state index is 12.8. The van der Waals surface area contributed by atoms with Crippen LogP contribution in [0.4, 0.5) is 11.4 Å². The molecule has 1 atom stereocenters. The first-order valence-corrected chi connectivity index (χ1v) is 11.0. The first-order valence-electron chi connectivity index (χ1n) is 10.6. The number of esters is 1. The van der Waals surface area contributed by atoms with Gasteiger partial charge < -0.3 is 20.3 Å². The van der Waals surface area contributed by atoms with Gasteiger partial charge in [0.1, 0.15) is 0 Å². The average molecular weight is 483 g/mol. The van der Waals surface area contributed by atoms with Gasteiger partial charge in [0.15, 0.2) is 5.11 Å². The van der Waals surface area contributed by atoms with E-state index in [-0.39, 0.29) is 17.4 Å². The van der Waals surface area contributed by atoms with E-state index < -0.39 is 22.8 Å². The number of allylic oxidation sites excluding steroid dienone is 1. The van der Waals surface area contributed by atoms with Crippen LogP contribution in [0.5, 0.6) is 0 Å². The van der Waals surface area contributed by atoms with Gasteiger partial charge in [-0.15, -0.1) is 0 Å². The summed E-state index contributed by atoms with van der Waals surface area (Å²) in [7, 11) is 1.78. The number of amides is 1. The number of hydrogen-bond donors (Lipinski definition) is 2. The summed E-state index contributed by atoms with van der Waals surface area (Å²) in [5.74, 6) is -0.899. The number of nitro benzene ring substituents is 1. The SMILES string of the molecule is CC1=C(C(=O)OC(C)C)C(c2ccc(NC(=O)c3ccc(C)c([N+](=O)[O-])c3)cc2)NC(=S)N1C. The van der Waals surface area contributed by atoms with Crippen molar-refractivity contribution in [2.45, 2.75) is 39.8 Å². The molecule has 1 aliphatic rings. The van der Waals surface area contributed by atoms with Crippen molar-refractivity contribution >= 4 is 40.6 Å². The Morgan fingerprint density at radius 2 is 1.82 bits per heavy atom. The van der Waals surface area contributed by atoms with E-state index in [4.69, 9.17) is 17.0 Å². The standard InChI is InChI=1S/C24H26N4O5S/c1-13(2)33-23(30)20-15(4)27(5)24(34)26-21(20)16-8-10-18(11-9-16)25-22(29)17-7-6-14(3)19(12-17)28(31)32/h6-13,21H,1-5H3,(H,25,29)(H,26,34). The number of anilines is 1. The monoisotopic (exact) mass is 482 g/mol. The number of benzene rings is 2. The second-order valence-electron chi connectivity index (χ2n) is 8.23. The van der Waals surface area contributed by atoms with Gasteiger partial charge in [-0.3, -0.25) is 14.9 Å². The molecule has 3 rings (SSSR count). The number of ether oxygens (including phenoxy) is 1. The molecule has 0 aromatic heterocycles. The summed E-state index contributed by atoms with van der Waals surface area (Å²) < 4.78 is 5.44. The third kappa shape index (κ3) is 5.23. The predicted molar refractivity (Wildman–Crippen MR) is 132 cm³/mol. The number of carbonyl (C=O) groups excluding carboxylic acids is 2. The zero-order valence-corrected chi connectivity index (χ0v) is 20.4. The Labute approximate surface area is 202 Å². The van der Waals surface area contributed by atoms with Crippen molar-refractivity contribution in [3.05, 3.63) is 80.5 Å². The van der Waals surface area contributed by atoms with Crippen molar-refractivity contribution in [2.75, 3.05) is 12.4 Å². The van der Waals surface area contributed by atoms with Gasteiger partial charge >= 0.3 is 5.97 Å². The molecule has 1 amide bonds. The van der Waals surface area contributed by atoms with E-state index in [0.717, 1.165) is 5.56 Å². The summed E-state index contributed by atoms with van der Waals surface area (Å²) >= 11 is 5.41. The van der Waals surface area contributed by atoms with E-state index in [0.29, 0.717) is 27.6 Å². The van der Waals surface area contributed by atoms with Crippen LogP contribution in [0.1, 0.15) is 48.3 Å². The third-order valence-electron chi connectivity index (χ3n) is 5.49. The minimum Gasteiger partial charge on any atom is -0.459 e. The molecule has 9 nitrogen and oxygen atoms in total. The molecule has 10 heteroatoms. The maximum Gasteiger partial charge on any atom is 0.338 e. The summed E-state index contributed by atoms with van der Waals surface area (Å²) in [6.45, 7) is 7.00. The van der Waals surface area contributed by atoms with Crippen molar-refractivity contribution in [1.29, 1.82) is 0 Å². The van der Waals surface area contributed by atoms with Crippen molar-refractivity contribution in [3.8, 4) is 0 Å². The van der Waals surface area contributed by atoms with Gasteiger partial charge in [0.2, 0.25) is 0 Å². The Balaban J connectivity index is 1.84. The molecule has 0 radical (unpaired) electrons. The molecule has 2 N–H and O–H groups in total. The van der Waals surface area contributed by atoms with Gasteiger partial charge in [-0.05, 0) is 63.7 Å². The molecule has 1 heterocycles. The molecule has 0 aliphatic carbocycles. The van der Waals surface area contributed by atoms with E-state index in [1.54, 1.807) is 57.0 Å². The highest BCUT2D eigenvalue weighted by atomic mass is 32.1. The van der Waals surface area contributed by atoms with Crippen molar-refractivity contribution < 1.29 is 19.2 Å². The lowest BCUT2D eigenvalue weighted by Crippen LogP contribution is -2.46. The molecule has 34 heavy (non-hydrogen) atoms. The van der Waals surface area contributed by atoms with E-state index in [9.17, 15) is 19.7 Å². The number of hydrogen-bond acceptors (Lipinski definition) is 6. The second-order valence-corrected chi connectivity index (χ2v) is 8.62. The van der Waals surface area contributed by atoms with E-state index in [2.05, 4.69) is 10.6 Å². The summed E-state index contributed by atoms with van der Waals surface area (Å²) in [5.41, 5.74) is 2.95. The van der Waals surface area contributed by atoms with Gasteiger partial charge in [-0.25, -0.2) is 4.79 Å². The van der Waals surface area contributed by atoms with Crippen LogP contribution in [-0.4, -0.2) is 40.0 Å². The molecule has 2 aromatic rings. The van der Waals surface area contributed by atoms with Crippen LogP contribution in [0.15, 0.2) is 53.7 Å². The highest BCUT2D eigenvalue weighted by Crippen LogP contribution is 2.31. The number of rotatable bonds is 6. The van der Waals surface area contributed by atoms with Crippen LogP contribution in [-0.2, 0) is 9.53 Å². The molecule has 2 aromatic carbocycles. The number of aryl methyl sites for hydroxylation is 1. The average Bonchev–Trinajstić information content (AvgIpc) is 2.77. The number of thiocarbonyl (C=S) groups is 1. The van der Waals surface area contributed by atoms with Crippen LogP contribution >= 0.6 is 12.2 Å². The summed E-state index contributed by atoms with van der Waals surface area (Å²) in [6, 6.07) is 10.7. The van der Waals surface area contributed by atoms with E-state index in [1.807, 2.05) is 6.92 Å².